The van der Waals surface area contributed by atoms with Crippen LogP contribution in [0.4, 0.5) is 4.39 Å². The van der Waals surface area contributed by atoms with E-state index in [2.05, 4.69) is 20.7 Å². The Kier molecular flexibility index (Phi) is 4.49. The summed E-state index contributed by atoms with van der Waals surface area (Å²) in [4.78, 5) is 11.0. The van der Waals surface area contributed by atoms with Crippen molar-refractivity contribution in [1.82, 2.24) is 0 Å². The standard InChI is InChI=1S/C11H10BrFO3/c1-2-16-11(15)6-10(14)7-3-4-8(12)9(13)5-7/h3-6,14H,2H2,1H3. The molecule has 0 aliphatic carbocycles. The molecule has 0 aliphatic heterocycles. The second-order valence-corrected chi connectivity index (χ2v) is 3.76. The van der Waals surface area contributed by atoms with Gasteiger partial charge in [-0.1, -0.05) is 0 Å². The Labute approximate surface area is 101 Å². The van der Waals surface area contributed by atoms with E-state index in [9.17, 15) is 14.3 Å². The van der Waals surface area contributed by atoms with Gasteiger partial charge >= 0.3 is 5.97 Å². The lowest BCUT2D eigenvalue weighted by Gasteiger charge is -2.02. The maximum absolute atomic E-state index is 13.1. The maximum atomic E-state index is 13.1. The number of halogens is 2. The van der Waals surface area contributed by atoms with Crippen molar-refractivity contribution < 1.29 is 19.0 Å². The molecular weight excluding hydrogens is 279 g/mol. The molecule has 0 aromatic heterocycles. The fourth-order valence-corrected chi connectivity index (χ4v) is 1.28. The zero-order chi connectivity index (χ0) is 12.1. The summed E-state index contributed by atoms with van der Waals surface area (Å²) in [6, 6.07) is 4.05. The highest BCUT2D eigenvalue weighted by Gasteiger charge is 2.06. The van der Waals surface area contributed by atoms with Gasteiger partial charge in [0.1, 0.15) is 11.6 Å². The lowest BCUT2D eigenvalue weighted by Crippen LogP contribution is -2.01. The van der Waals surface area contributed by atoms with Crippen LogP contribution in [0.3, 0.4) is 0 Å². The van der Waals surface area contributed by atoms with Crippen molar-refractivity contribution in [3.8, 4) is 0 Å². The normalized spacial score (nSPS) is 11.3. The van der Waals surface area contributed by atoms with E-state index in [1.165, 1.54) is 12.1 Å². The van der Waals surface area contributed by atoms with E-state index in [4.69, 9.17) is 0 Å². The summed E-state index contributed by atoms with van der Waals surface area (Å²) in [5.74, 6) is -1.51. The summed E-state index contributed by atoms with van der Waals surface area (Å²) >= 11 is 2.99. The summed E-state index contributed by atoms with van der Waals surface area (Å²) < 4.78 is 18.0. The third-order valence-corrected chi connectivity index (χ3v) is 2.40. The van der Waals surface area contributed by atoms with Gasteiger partial charge in [0.15, 0.2) is 0 Å². The molecule has 1 N–H and O–H groups in total. The third-order valence-electron chi connectivity index (χ3n) is 1.76. The van der Waals surface area contributed by atoms with Crippen molar-refractivity contribution in [1.29, 1.82) is 0 Å². The highest BCUT2D eigenvalue weighted by molar-refractivity contribution is 9.10. The molecule has 0 unspecified atom stereocenters. The minimum atomic E-state index is -0.664. The van der Waals surface area contributed by atoms with Crippen molar-refractivity contribution in [2.45, 2.75) is 6.92 Å². The van der Waals surface area contributed by atoms with Gasteiger partial charge in [-0.25, -0.2) is 9.18 Å². The second kappa shape index (κ2) is 5.65. The Morgan fingerprint density at radius 3 is 2.88 bits per heavy atom. The molecule has 0 atom stereocenters. The molecule has 5 heteroatoms. The lowest BCUT2D eigenvalue weighted by atomic mass is 10.2. The zero-order valence-corrected chi connectivity index (χ0v) is 10.1. The largest absolute Gasteiger partial charge is 0.507 e. The first-order valence-corrected chi connectivity index (χ1v) is 5.36. The smallest absolute Gasteiger partial charge is 0.334 e. The van der Waals surface area contributed by atoms with E-state index < -0.39 is 11.8 Å². The predicted octanol–water partition coefficient (Wildman–Crippen LogP) is 3.05. The molecule has 86 valence electrons. The summed E-state index contributed by atoms with van der Waals surface area (Å²) in [7, 11) is 0. The van der Waals surface area contributed by atoms with Gasteiger partial charge in [0, 0.05) is 5.56 Å². The molecular formula is C11H10BrFO3. The van der Waals surface area contributed by atoms with E-state index in [1.807, 2.05) is 0 Å². The highest BCUT2D eigenvalue weighted by atomic mass is 79.9. The molecule has 0 saturated heterocycles. The quantitative estimate of drug-likeness (QED) is 0.528. The number of carbonyl (C=O) groups excluding carboxylic acids is 1. The van der Waals surface area contributed by atoms with Crippen molar-refractivity contribution in [3.63, 3.8) is 0 Å². The van der Waals surface area contributed by atoms with Gasteiger partial charge in [-0.15, -0.1) is 0 Å². The van der Waals surface area contributed by atoms with Gasteiger partial charge in [0.2, 0.25) is 0 Å². The van der Waals surface area contributed by atoms with Crippen LogP contribution >= 0.6 is 15.9 Å². The van der Waals surface area contributed by atoms with E-state index in [-0.39, 0.29) is 17.9 Å². The van der Waals surface area contributed by atoms with Crippen LogP contribution in [0.1, 0.15) is 12.5 Å². The van der Waals surface area contributed by atoms with Gasteiger partial charge < -0.3 is 9.84 Å². The third kappa shape index (κ3) is 3.34. The molecule has 1 aromatic carbocycles. The summed E-state index contributed by atoms with van der Waals surface area (Å²) in [6.07, 6.45) is 0.909. The van der Waals surface area contributed by atoms with Crippen molar-refractivity contribution in [2.75, 3.05) is 6.61 Å². The van der Waals surface area contributed by atoms with Gasteiger partial charge in [-0.05, 0) is 41.1 Å². The Hall–Kier alpha value is -1.36. The number of rotatable bonds is 3. The van der Waals surface area contributed by atoms with Crippen LogP contribution in [-0.2, 0) is 9.53 Å². The minimum Gasteiger partial charge on any atom is -0.507 e. The molecule has 0 amide bonds. The fraction of sp³-hybridized carbons (Fsp3) is 0.182. The number of hydrogen-bond donors (Lipinski definition) is 1. The molecule has 3 nitrogen and oxygen atoms in total. The SMILES string of the molecule is CCOC(=O)C=C(O)c1ccc(Br)c(F)c1. The monoisotopic (exact) mass is 288 g/mol. The topological polar surface area (TPSA) is 46.5 Å². The van der Waals surface area contributed by atoms with E-state index in [0.29, 0.717) is 4.47 Å². The van der Waals surface area contributed by atoms with E-state index >= 15 is 0 Å². The first kappa shape index (κ1) is 12.7. The fourth-order valence-electron chi connectivity index (χ4n) is 1.03. The average Bonchev–Trinajstić information content (AvgIpc) is 2.22. The molecule has 1 aromatic rings. The van der Waals surface area contributed by atoms with Crippen LogP contribution in [-0.4, -0.2) is 17.7 Å². The molecule has 1 rings (SSSR count). The van der Waals surface area contributed by atoms with Crippen molar-refractivity contribution >= 4 is 27.7 Å². The van der Waals surface area contributed by atoms with Crippen molar-refractivity contribution in [3.05, 3.63) is 40.1 Å². The lowest BCUT2D eigenvalue weighted by molar-refractivity contribution is -0.137. The first-order chi connectivity index (χ1) is 7.54. The van der Waals surface area contributed by atoms with Gasteiger partial charge in [-0.3, -0.25) is 0 Å². The van der Waals surface area contributed by atoms with Crippen LogP contribution in [0.25, 0.3) is 5.76 Å². The Balaban J connectivity index is 2.91. The number of ether oxygens (including phenoxy) is 1. The number of benzene rings is 1. The minimum absolute atomic E-state index is 0.216. The Bertz CT molecular complexity index is 429. The van der Waals surface area contributed by atoms with Gasteiger partial charge in [-0.2, -0.15) is 0 Å². The van der Waals surface area contributed by atoms with Crippen LogP contribution in [0.2, 0.25) is 0 Å². The van der Waals surface area contributed by atoms with Gasteiger partial charge in [0.05, 0.1) is 17.2 Å². The molecule has 0 spiro atoms. The van der Waals surface area contributed by atoms with Crippen LogP contribution in [0.5, 0.6) is 0 Å². The summed E-state index contributed by atoms with van der Waals surface area (Å²) in [6.45, 7) is 1.87. The molecule has 0 bridgehead atoms. The number of esters is 1. The number of carbonyl (C=O) groups is 1. The Morgan fingerprint density at radius 2 is 2.31 bits per heavy atom. The van der Waals surface area contributed by atoms with Crippen LogP contribution in [0.15, 0.2) is 28.7 Å². The van der Waals surface area contributed by atoms with E-state index in [1.54, 1.807) is 6.92 Å². The first-order valence-electron chi connectivity index (χ1n) is 4.57. The Morgan fingerprint density at radius 1 is 1.62 bits per heavy atom. The molecule has 0 saturated carbocycles. The van der Waals surface area contributed by atoms with Crippen LogP contribution < -0.4 is 0 Å². The molecule has 0 fully saturated rings. The predicted molar refractivity (Wildman–Crippen MR) is 61.3 cm³/mol. The number of aliphatic hydroxyl groups is 1. The average molecular weight is 289 g/mol. The van der Waals surface area contributed by atoms with Crippen LogP contribution in [0, 0.1) is 5.82 Å². The molecule has 0 aliphatic rings. The number of hydrogen-bond acceptors (Lipinski definition) is 3. The van der Waals surface area contributed by atoms with Crippen molar-refractivity contribution in [2.24, 2.45) is 0 Å². The molecule has 0 radical (unpaired) electrons. The summed E-state index contributed by atoms with van der Waals surface area (Å²) in [5.41, 5.74) is 0.216. The second-order valence-electron chi connectivity index (χ2n) is 2.91. The zero-order valence-electron chi connectivity index (χ0n) is 8.54. The maximum Gasteiger partial charge on any atom is 0.334 e. The number of aliphatic hydroxyl groups excluding tert-OH is 1. The highest BCUT2D eigenvalue weighted by Crippen LogP contribution is 2.20. The molecule has 16 heavy (non-hydrogen) atoms. The van der Waals surface area contributed by atoms with E-state index in [0.717, 1.165) is 12.1 Å². The summed E-state index contributed by atoms with van der Waals surface area (Å²) in [5, 5.41) is 9.51. The van der Waals surface area contributed by atoms with Gasteiger partial charge in [0.25, 0.3) is 0 Å². The molecule has 0 heterocycles.